The number of hydrogen-bond donors (Lipinski definition) is 3. The third-order valence-corrected chi connectivity index (χ3v) is 4.98. The standard InChI is InChI=1S/C20H20Cl2N6O3/c1-10(23)12-5-13(7-25-6-12)27-19(29)16-18(24)26-9-28(20(16)30)17-14(21)3-11(8-31-2)4-15(17)22/h3-7,9-10H,8,23-24H2,1-2H3,(H,27,29)/t10-/m1/s1. The Morgan fingerprint density at radius 1 is 1.26 bits per heavy atom. The Balaban J connectivity index is 2.03. The van der Waals surface area contributed by atoms with Crippen molar-refractivity contribution in [3.63, 3.8) is 0 Å². The van der Waals surface area contributed by atoms with Crippen molar-refractivity contribution >= 4 is 40.6 Å². The zero-order valence-electron chi connectivity index (χ0n) is 16.7. The molecule has 1 atom stereocenters. The van der Waals surface area contributed by atoms with E-state index < -0.39 is 11.5 Å². The summed E-state index contributed by atoms with van der Waals surface area (Å²) in [5, 5.41) is 2.97. The van der Waals surface area contributed by atoms with Crippen LogP contribution in [-0.2, 0) is 11.3 Å². The first-order valence-corrected chi connectivity index (χ1v) is 9.84. The number of halogens is 2. The van der Waals surface area contributed by atoms with Gasteiger partial charge < -0.3 is 21.5 Å². The number of pyridine rings is 1. The quantitative estimate of drug-likeness (QED) is 0.511. The summed E-state index contributed by atoms with van der Waals surface area (Å²) in [7, 11) is 1.54. The van der Waals surface area contributed by atoms with Gasteiger partial charge in [0.05, 0.1) is 34.2 Å². The van der Waals surface area contributed by atoms with E-state index in [9.17, 15) is 9.59 Å². The van der Waals surface area contributed by atoms with Crippen molar-refractivity contribution < 1.29 is 9.53 Å². The second-order valence-corrected chi connectivity index (χ2v) is 7.59. The highest BCUT2D eigenvalue weighted by Crippen LogP contribution is 2.30. The van der Waals surface area contributed by atoms with E-state index >= 15 is 0 Å². The van der Waals surface area contributed by atoms with Gasteiger partial charge in [0.2, 0.25) is 0 Å². The van der Waals surface area contributed by atoms with Crippen LogP contribution >= 0.6 is 23.2 Å². The molecule has 2 heterocycles. The molecule has 3 aromatic rings. The van der Waals surface area contributed by atoms with Gasteiger partial charge in [-0.15, -0.1) is 0 Å². The van der Waals surface area contributed by atoms with Gasteiger partial charge in [-0.2, -0.15) is 0 Å². The summed E-state index contributed by atoms with van der Waals surface area (Å²) >= 11 is 12.7. The van der Waals surface area contributed by atoms with Gasteiger partial charge >= 0.3 is 0 Å². The molecule has 0 saturated carbocycles. The molecule has 1 amide bonds. The zero-order valence-corrected chi connectivity index (χ0v) is 18.2. The highest BCUT2D eigenvalue weighted by atomic mass is 35.5. The molecule has 0 unspecified atom stereocenters. The molecule has 9 nitrogen and oxygen atoms in total. The number of hydrogen-bond acceptors (Lipinski definition) is 7. The zero-order chi connectivity index (χ0) is 22.7. The van der Waals surface area contributed by atoms with Gasteiger partial charge in [0.15, 0.2) is 0 Å². The molecule has 31 heavy (non-hydrogen) atoms. The first-order chi connectivity index (χ1) is 14.7. The van der Waals surface area contributed by atoms with Crippen molar-refractivity contribution in [2.24, 2.45) is 5.73 Å². The molecule has 0 fully saturated rings. The number of methoxy groups -OCH3 is 1. The van der Waals surface area contributed by atoms with Gasteiger partial charge in [0.25, 0.3) is 11.5 Å². The third-order valence-electron chi connectivity index (χ3n) is 4.40. The van der Waals surface area contributed by atoms with Crippen LogP contribution in [0.5, 0.6) is 0 Å². The molecule has 2 aromatic heterocycles. The molecule has 5 N–H and O–H groups in total. The second-order valence-electron chi connectivity index (χ2n) is 6.77. The molecule has 0 aliphatic rings. The van der Waals surface area contributed by atoms with Crippen LogP contribution in [0.15, 0.2) is 41.7 Å². The number of benzene rings is 1. The van der Waals surface area contributed by atoms with E-state index in [0.717, 1.165) is 16.5 Å². The highest BCUT2D eigenvalue weighted by Gasteiger charge is 2.21. The molecule has 0 bridgehead atoms. The van der Waals surface area contributed by atoms with Gasteiger partial charge in [-0.05, 0) is 36.2 Å². The summed E-state index contributed by atoms with van der Waals surface area (Å²) in [5.41, 5.74) is 12.6. The second kappa shape index (κ2) is 9.44. The number of aromatic nitrogens is 3. The van der Waals surface area contributed by atoms with Gasteiger partial charge in [0.1, 0.15) is 17.7 Å². The lowest BCUT2D eigenvalue weighted by Crippen LogP contribution is -2.31. The van der Waals surface area contributed by atoms with Crippen molar-refractivity contribution in [2.45, 2.75) is 19.6 Å². The number of nitrogens with one attached hydrogen (secondary N) is 1. The number of amides is 1. The molecule has 3 rings (SSSR count). The lowest BCUT2D eigenvalue weighted by atomic mass is 10.1. The number of nitrogens with two attached hydrogens (primary N) is 2. The van der Waals surface area contributed by atoms with Gasteiger partial charge in [-0.25, -0.2) is 4.98 Å². The molecule has 0 aliphatic heterocycles. The Hall–Kier alpha value is -2.98. The van der Waals surface area contributed by atoms with Crippen molar-refractivity contribution in [1.29, 1.82) is 0 Å². The summed E-state index contributed by atoms with van der Waals surface area (Å²) in [4.78, 5) is 34.0. The molecule has 0 radical (unpaired) electrons. The molecule has 0 spiro atoms. The van der Waals surface area contributed by atoms with Gasteiger partial charge in [-0.1, -0.05) is 23.2 Å². The van der Waals surface area contributed by atoms with Crippen LogP contribution in [0.1, 0.15) is 34.5 Å². The van der Waals surface area contributed by atoms with Crippen molar-refractivity contribution in [3.05, 3.63) is 74.0 Å². The fraction of sp³-hybridized carbons (Fsp3) is 0.200. The van der Waals surface area contributed by atoms with Crippen LogP contribution in [0.3, 0.4) is 0 Å². The predicted octanol–water partition coefficient (Wildman–Crippen LogP) is 2.93. The summed E-state index contributed by atoms with van der Waals surface area (Å²) in [6.07, 6.45) is 4.18. The third kappa shape index (κ3) is 4.86. The Morgan fingerprint density at radius 2 is 1.94 bits per heavy atom. The first-order valence-electron chi connectivity index (χ1n) is 9.09. The smallest absolute Gasteiger partial charge is 0.273 e. The van der Waals surface area contributed by atoms with E-state index in [-0.39, 0.29) is 39.8 Å². The monoisotopic (exact) mass is 462 g/mol. The maximum absolute atomic E-state index is 13.1. The van der Waals surface area contributed by atoms with Crippen LogP contribution < -0.4 is 22.3 Å². The topological polar surface area (TPSA) is 138 Å². The molecule has 0 aliphatic carbocycles. The Labute approximate surface area is 188 Å². The number of ether oxygens (including phenoxy) is 1. The number of anilines is 2. The summed E-state index contributed by atoms with van der Waals surface area (Å²) in [5.74, 6) is -0.991. The minimum atomic E-state index is -0.753. The number of carbonyl (C=O) groups is 1. The molecule has 11 heteroatoms. The maximum atomic E-state index is 13.1. The summed E-state index contributed by atoms with van der Waals surface area (Å²) in [6.45, 7) is 2.07. The van der Waals surface area contributed by atoms with E-state index in [0.29, 0.717) is 11.3 Å². The Morgan fingerprint density at radius 3 is 2.55 bits per heavy atom. The van der Waals surface area contributed by atoms with E-state index in [1.165, 1.54) is 13.3 Å². The number of carbonyl (C=O) groups excluding carboxylic acids is 1. The first kappa shape index (κ1) is 22.7. The maximum Gasteiger partial charge on any atom is 0.273 e. The van der Waals surface area contributed by atoms with E-state index in [2.05, 4.69) is 15.3 Å². The normalized spacial score (nSPS) is 11.9. The van der Waals surface area contributed by atoms with Crippen LogP contribution in [-0.4, -0.2) is 27.6 Å². The minimum Gasteiger partial charge on any atom is -0.383 e. The Bertz CT molecular complexity index is 1170. The van der Waals surface area contributed by atoms with E-state index in [1.807, 2.05) is 0 Å². The van der Waals surface area contributed by atoms with Gasteiger partial charge in [-0.3, -0.25) is 19.1 Å². The van der Waals surface area contributed by atoms with Crippen LogP contribution in [0.2, 0.25) is 10.0 Å². The average Bonchev–Trinajstić information content (AvgIpc) is 2.69. The fourth-order valence-corrected chi connectivity index (χ4v) is 3.62. The average molecular weight is 463 g/mol. The SMILES string of the molecule is COCc1cc(Cl)c(-n2cnc(N)c(C(=O)Nc3cncc([C@@H](C)N)c3)c2=O)c(Cl)c1. The molecular weight excluding hydrogens is 443 g/mol. The van der Waals surface area contributed by atoms with Gasteiger partial charge in [0, 0.05) is 19.3 Å². The molecule has 0 saturated heterocycles. The van der Waals surface area contributed by atoms with Crippen molar-refractivity contribution in [1.82, 2.24) is 14.5 Å². The molecule has 1 aromatic carbocycles. The van der Waals surface area contributed by atoms with Crippen LogP contribution in [0.4, 0.5) is 11.5 Å². The number of nitrogens with zero attached hydrogens (tertiary/aromatic N) is 3. The molecule has 162 valence electrons. The number of rotatable bonds is 6. The lowest BCUT2D eigenvalue weighted by Gasteiger charge is -2.14. The minimum absolute atomic E-state index is 0.176. The number of nitrogen functional groups attached to an aromatic ring is 1. The van der Waals surface area contributed by atoms with Crippen molar-refractivity contribution in [3.8, 4) is 5.69 Å². The summed E-state index contributed by atoms with van der Waals surface area (Å²) in [6, 6.07) is 4.60. The lowest BCUT2D eigenvalue weighted by molar-refractivity contribution is 0.102. The van der Waals surface area contributed by atoms with E-state index in [4.69, 9.17) is 39.4 Å². The largest absolute Gasteiger partial charge is 0.383 e. The van der Waals surface area contributed by atoms with E-state index in [1.54, 1.807) is 31.3 Å². The molecular formula is C20H20Cl2N6O3. The van der Waals surface area contributed by atoms with Crippen LogP contribution in [0, 0.1) is 0 Å². The predicted molar refractivity (Wildman–Crippen MR) is 120 cm³/mol. The van der Waals surface area contributed by atoms with Crippen LogP contribution in [0.25, 0.3) is 5.69 Å². The highest BCUT2D eigenvalue weighted by molar-refractivity contribution is 6.37. The fourth-order valence-electron chi connectivity index (χ4n) is 2.91. The summed E-state index contributed by atoms with van der Waals surface area (Å²) < 4.78 is 6.15. The Kier molecular flexibility index (Phi) is 6.91. The van der Waals surface area contributed by atoms with Crippen molar-refractivity contribution in [2.75, 3.05) is 18.2 Å².